The van der Waals surface area contributed by atoms with Crippen molar-refractivity contribution in [3.8, 4) is 0 Å². The van der Waals surface area contributed by atoms with E-state index in [4.69, 9.17) is 10.8 Å². The van der Waals surface area contributed by atoms with Gasteiger partial charge in [-0.25, -0.2) is 0 Å². The number of carbonyl (C=O) groups excluding carboxylic acids is 1. The molecule has 98 valence electrons. The van der Waals surface area contributed by atoms with Gasteiger partial charge in [0, 0.05) is 12.5 Å². The summed E-state index contributed by atoms with van der Waals surface area (Å²) in [5.74, 6) is -0.667. The van der Waals surface area contributed by atoms with Crippen molar-refractivity contribution in [1.82, 2.24) is 5.32 Å². The van der Waals surface area contributed by atoms with Gasteiger partial charge >= 0.3 is 5.97 Å². The first-order valence-electron chi connectivity index (χ1n) is 6.25. The molecule has 17 heavy (non-hydrogen) atoms. The summed E-state index contributed by atoms with van der Waals surface area (Å²) in [5.41, 5.74) is 5.48. The topological polar surface area (TPSA) is 92.4 Å². The van der Waals surface area contributed by atoms with Crippen molar-refractivity contribution in [2.45, 2.75) is 45.1 Å². The zero-order valence-corrected chi connectivity index (χ0v) is 10.3. The van der Waals surface area contributed by atoms with Crippen LogP contribution in [0.25, 0.3) is 0 Å². The second-order valence-corrected chi connectivity index (χ2v) is 4.99. The lowest BCUT2D eigenvalue weighted by Gasteiger charge is -2.13. The van der Waals surface area contributed by atoms with Crippen molar-refractivity contribution in [1.29, 1.82) is 0 Å². The van der Waals surface area contributed by atoms with E-state index in [9.17, 15) is 9.59 Å². The molecule has 0 spiro atoms. The van der Waals surface area contributed by atoms with E-state index in [1.165, 1.54) is 0 Å². The molecule has 1 rings (SSSR count). The van der Waals surface area contributed by atoms with Gasteiger partial charge in [0.25, 0.3) is 0 Å². The Bertz CT molecular complexity index is 281. The molecule has 0 heterocycles. The summed E-state index contributed by atoms with van der Waals surface area (Å²) in [5, 5.41) is 11.7. The third kappa shape index (κ3) is 4.73. The smallest absolute Gasteiger partial charge is 0.306 e. The predicted octanol–water partition coefficient (Wildman–Crippen LogP) is 0.731. The van der Waals surface area contributed by atoms with E-state index < -0.39 is 5.97 Å². The average Bonchev–Trinajstić information content (AvgIpc) is 2.74. The molecule has 1 aliphatic rings. The fraction of sp³-hybridized carbons (Fsp3) is 0.833. The molecule has 0 saturated heterocycles. The average molecular weight is 242 g/mol. The van der Waals surface area contributed by atoms with Crippen LogP contribution < -0.4 is 11.1 Å². The van der Waals surface area contributed by atoms with Gasteiger partial charge in [0.1, 0.15) is 0 Å². The third-order valence-electron chi connectivity index (χ3n) is 3.41. The van der Waals surface area contributed by atoms with Gasteiger partial charge in [0.2, 0.25) is 5.91 Å². The molecule has 1 unspecified atom stereocenters. The van der Waals surface area contributed by atoms with Crippen molar-refractivity contribution in [3.05, 3.63) is 0 Å². The molecule has 1 amide bonds. The second kappa shape index (κ2) is 6.59. The van der Waals surface area contributed by atoms with Gasteiger partial charge in [-0.1, -0.05) is 6.92 Å². The lowest BCUT2D eigenvalue weighted by molar-refractivity contribution is -0.141. The van der Waals surface area contributed by atoms with Crippen LogP contribution in [0.4, 0.5) is 0 Å². The Morgan fingerprint density at radius 1 is 1.47 bits per heavy atom. The summed E-state index contributed by atoms with van der Waals surface area (Å²) < 4.78 is 0. The van der Waals surface area contributed by atoms with Crippen LogP contribution in [0, 0.1) is 11.8 Å². The Labute approximate surface area is 102 Å². The normalized spacial score (nSPS) is 25.5. The minimum atomic E-state index is -0.751. The number of hydrogen-bond acceptors (Lipinski definition) is 3. The monoisotopic (exact) mass is 242 g/mol. The largest absolute Gasteiger partial charge is 0.481 e. The van der Waals surface area contributed by atoms with Gasteiger partial charge in [-0.3, -0.25) is 9.59 Å². The van der Waals surface area contributed by atoms with Crippen LogP contribution in [0.2, 0.25) is 0 Å². The van der Waals surface area contributed by atoms with Gasteiger partial charge in [-0.15, -0.1) is 0 Å². The summed E-state index contributed by atoms with van der Waals surface area (Å²) in [7, 11) is 0. The Balaban J connectivity index is 2.22. The highest BCUT2D eigenvalue weighted by Gasteiger charge is 2.30. The first kappa shape index (κ1) is 14.0. The van der Waals surface area contributed by atoms with E-state index in [2.05, 4.69) is 5.32 Å². The molecule has 5 nitrogen and oxygen atoms in total. The number of aliphatic carboxylic acids is 1. The third-order valence-corrected chi connectivity index (χ3v) is 3.41. The van der Waals surface area contributed by atoms with Crippen molar-refractivity contribution < 1.29 is 14.7 Å². The molecule has 5 heteroatoms. The summed E-state index contributed by atoms with van der Waals surface area (Å²) >= 11 is 0. The second-order valence-electron chi connectivity index (χ2n) is 4.99. The minimum Gasteiger partial charge on any atom is -0.481 e. The molecule has 0 bridgehead atoms. The molecule has 3 atom stereocenters. The highest BCUT2D eigenvalue weighted by molar-refractivity contribution is 5.76. The fourth-order valence-electron chi connectivity index (χ4n) is 2.13. The quantitative estimate of drug-likeness (QED) is 0.640. The van der Waals surface area contributed by atoms with Crippen molar-refractivity contribution in [2.24, 2.45) is 17.6 Å². The van der Waals surface area contributed by atoms with Crippen LogP contribution in [0.5, 0.6) is 0 Å². The zero-order chi connectivity index (χ0) is 12.8. The van der Waals surface area contributed by atoms with Crippen LogP contribution in [0.3, 0.4) is 0 Å². The Morgan fingerprint density at radius 2 is 2.18 bits per heavy atom. The number of carboxylic acid groups (broad SMARTS) is 1. The molecule has 4 N–H and O–H groups in total. The van der Waals surface area contributed by atoms with Crippen LogP contribution >= 0.6 is 0 Å². The maximum atomic E-state index is 11.6. The number of nitrogens with one attached hydrogen (secondary N) is 1. The van der Waals surface area contributed by atoms with E-state index >= 15 is 0 Å². The van der Waals surface area contributed by atoms with Crippen molar-refractivity contribution in [2.75, 3.05) is 6.54 Å². The molecule has 0 aromatic heterocycles. The van der Waals surface area contributed by atoms with E-state index in [1.807, 2.05) is 6.92 Å². The number of nitrogens with two attached hydrogens (primary N) is 1. The SMILES string of the molecule is CC(CN)CCC(=O)N[C@H]1CC[C@@H](C(=O)O)C1. The number of hydrogen-bond donors (Lipinski definition) is 3. The van der Waals surface area contributed by atoms with Crippen LogP contribution in [0.1, 0.15) is 39.0 Å². The Morgan fingerprint density at radius 3 is 2.71 bits per heavy atom. The molecule has 0 aromatic carbocycles. The number of rotatable bonds is 6. The highest BCUT2D eigenvalue weighted by Crippen LogP contribution is 2.25. The van der Waals surface area contributed by atoms with Gasteiger partial charge < -0.3 is 16.2 Å². The first-order valence-corrected chi connectivity index (χ1v) is 6.25. The molecular formula is C12H22N2O3. The van der Waals surface area contributed by atoms with Crippen LogP contribution in [-0.4, -0.2) is 29.6 Å². The van der Waals surface area contributed by atoms with Crippen molar-refractivity contribution >= 4 is 11.9 Å². The lowest BCUT2D eigenvalue weighted by Crippen LogP contribution is -2.33. The van der Waals surface area contributed by atoms with Gasteiger partial charge in [0.15, 0.2) is 0 Å². The molecule has 1 aliphatic carbocycles. The number of carbonyl (C=O) groups is 2. The highest BCUT2D eigenvalue weighted by atomic mass is 16.4. The van der Waals surface area contributed by atoms with E-state index in [-0.39, 0.29) is 17.9 Å². The Hall–Kier alpha value is -1.10. The van der Waals surface area contributed by atoms with Crippen LogP contribution in [0.15, 0.2) is 0 Å². The molecular weight excluding hydrogens is 220 g/mol. The molecule has 1 fully saturated rings. The summed E-state index contributed by atoms with van der Waals surface area (Å²) in [6.45, 7) is 2.61. The van der Waals surface area contributed by atoms with E-state index in [1.54, 1.807) is 0 Å². The maximum absolute atomic E-state index is 11.6. The van der Waals surface area contributed by atoms with Gasteiger partial charge in [-0.05, 0) is 38.1 Å². The van der Waals surface area contributed by atoms with E-state index in [0.717, 1.165) is 12.8 Å². The number of carboxylic acids is 1. The van der Waals surface area contributed by atoms with Gasteiger partial charge in [0.05, 0.1) is 5.92 Å². The minimum absolute atomic E-state index is 0.0151. The standard InChI is InChI=1S/C12H22N2O3/c1-8(7-13)2-5-11(15)14-10-4-3-9(6-10)12(16)17/h8-10H,2-7,13H2,1H3,(H,14,15)(H,16,17)/t8?,9-,10+/m1/s1. The lowest BCUT2D eigenvalue weighted by atomic mass is 10.1. The molecule has 0 aromatic rings. The molecule has 1 saturated carbocycles. The zero-order valence-electron chi connectivity index (χ0n) is 10.3. The van der Waals surface area contributed by atoms with E-state index in [0.29, 0.717) is 31.7 Å². The first-order chi connectivity index (χ1) is 8.02. The van der Waals surface area contributed by atoms with Crippen LogP contribution in [-0.2, 0) is 9.59 Å². The fourth-order valence-corrected chi connectivity index (χ4v) is 2.13. The number of amides is 1. The van der Waals surface area contributed by atoms with Gasteiger partial charge in [-0.2, -0.15) is 0 Å². The molecule has 0 aliphatic heterocycles. The predicted molar refractivity (Wildman–Crippen MR) is 64.4 cm³/mol. The molecule has 0 radical (unpaired) electrons. The summed E-state index contributed by atoms with van der Waals surface area (Å²) in [4.78, 5) is 22.4. The summed E-state index contributed by atoms with van der Waals surface area (Å²) in [6, 6.07) is 0.0387. The summed E-state index contributed by atoms with van der Waals surface area (Å²) in [6.07, 6.45) is 3.27. The Kier molecular flexibility index (Phi) is 5.41. The van der Waals surface area contributed by atoms with Crippen molar-refractivity contribution in [3.63, 3.8) is 0 Å². The maximum Gasteiger partial charge on any atom is 0.306 e.